The van der Waals surface area contributed by atoms with Gasteiger partial charge in [-0.25, -0.2) is 9.97 Å². The fraction of sp³-hybridized carbons (Fsp3) is 0.429. The molecular weight excluding hydrogens is 399 g/mol. The third-order valence-electron chi connectivity index (χ3n) is 3.87. The summed E-state index contributed by atoms with van der Waals surface area (Å²) in [5.74, 6) is -0.158. The predicted molar refractivity (Wildman–Crippen MR) is 91.6 cm³/mol. The summed E-state index contributed by atoms with van der Waals surface area (Å²) < 4.78 is 13.0. The summed E-state index contributed by atoms with van der Waals surface area (Å²) in [5, 5.41) is 12.3. The van der Waals surface area contributed by atoms with Crippen molar-refractivity contribution in [3.63, 3.8) is 0 Å². The standard InChI is InChI=1S/C14H13Cl2N8O3/c1-3-24-21-12(20-22-24)10-7(26-6(2)25)4-8(27-10)23-5-17-9-11(15)18-14(16)19-13(9)23/h4-5,7-8,10H,3H2,1-2H3/t7?,8?,10-/m0/s1. The Morgan fingerprint density at radius 2 is 2.19 bits per heavy atom. The summed E-state index contributed by atoms with van der Waals surface area (Å²) in [7, 11) is 0. The summed E-state index contributed by atoms with van der Waals surface area (Å²) in [4.78, 5) is 25.1. The zero-order valence-electron chi connectivity index (χ0n) is 14.2. The van der Waals surface area contributed by atoms with Crippen LogP contribution in [0.25, 0.3) is 11.2 Å². The zero-order valence-corrected chi connectivity index (χ0v) is 15.7. The molecule has 1 fully saturated rings. The lowest BCUT2D eigenvalue weighted by molar-refractivity contribution is -0.148. The van der Waals surface area contributed by atoms with Gasteiger partial charge in [-0.2, -0.15) is 9.78 Å². The predicted octanol–water partition coefficient (Wildman–Crippen LogP) is 1.55. The van der Waals surface area contributed by atoms with Crippen LogP contribution in [0.15, 0.2) is 6.33 Å². The number of halogens is 2. The normalized spacial score (nSPS) is 22.4. The Hall–Kier alpha value is -2.37. The number of carbonyl (C=O) groups is 1. The van der Waals surface area contributed by atoms with Gasteiger partial charge in [0.1, 0.15) is 17.8 Å². The third-order valence-corrected chi connectivity index (χ3v) is 4.30. The van der Waals surface area contributed by atoms with Crippen molar-refractivity contribution in [3.8, 4) is 0 Å². The topological polar surface area (TPSA) is 123 Å². The maximum absolute atomic E-state index is 11.5. The van der Waals surface area contributed by atoms with Gasteiger partial charge in [0.25, 0.3) is 0 Å². The smallest absolute Gasteiger partial charge is 0.303 e. The van der Waals surface area contributed by atoms with Crippen molar-refractivity contribution >= 4 is 40.3 Å². The summed E-state index contributed by atoms with van der Waals surface area (Å²) in [6.07, 6.45) is 1.06. The van der Waals surface area contributed by atoms with Crippen LogP contribution in [0.2, 0.25) is 10.4 Å². The van der Waals surface area contributed by atoms with Crippen molar-refractivity contribution in [1.82, 2.24) is 39.7 Å². The molecule has 1 aliphatic heterocycles. The van der Waals surface area contributed by atoms with Crippen molar-refractivity contribution in [2.75, 3.05) is 0 Å². The minimum Gasteiger partial charge on any atom is -0.459 e. The molecule has 11 nitrogen and oxygen atoms in total. The van der Waals surface area contributed by atoms with E-state index in [0.717, 1.165) is 0 Å². The Balaban J connectivity index is 1.69. The second kappa shape index (κ2) is 6.98. The molecule has 4 rings (SSSR count). The fourth-order valence-corrected chi connectivity index (χ4v) is 3.16. The Morgan fingerprint density at radius 1 is 1.37 bits per heavy atom. The number of hydrogen-bond donors (Lipinski definition) is 0. The summed E-state index contributed by atoms with van der Waals surface area (Å²) in [5.41, 5.74) is 0.759. The lowest BCUT2D eigenvalue weighted by atomic mass is 10.1. The van der Waals surface area contributed by atoms with E-state index in [1.807, 2.05) is 6.92 Å². The highest BCUT2D eigenvalue weighted by atomic mass is 35.5. The first-order valence-electron chi connectivity index (χ1n) is 7.97. The number of imidazole rings is 1. The van der Waals surface area contributed by atoms with E-state index in [2.05, 4.69) is 30.4 Å². The third kappa shape index (κ3) is 3.33. The van der Waals surface area contributed by atoms with Crippen LogP contribution in [0.1, 0.15) is 32.0 Å². The van der Waals surface area contributed by atoms with E-state index in [0.29, 0.717) is 23.5 Å². The van der Waals surface area contributed by atoms with Crippen molar-refractivity contribution in [2.24, 2.45) is 0 Å². The van der Waals surface area contributed by atoms with Gasteiger partial charge in [0.15, 0.2) is 16.9 Å². The summed E-state index contributed by atoms with van der Waals surface area (Å²) in [6.45, 7) is 3.74. The maximum atomic E-state index is 11.5. The number of tetrazole rings is 1. The number of esters is 1. The van der Waals surface area contributed by atoms with E-state index in [-0.39, 0.29) is 10.4 Å². The number of carbonyl (C=O) groups excluding carboxylic acids is 1. The van der Waals surface area contributed by atoms with E-state index in [1.165, 1.54) is 18.0 Å². The van der Waals surface area contributed by atoms with Crippen molar-refractivity contribution in [1.29, 1.82) is 0 Å². The molecule has 27 heavy (non-hydrogen) atoms. The van der Waals surface area contributed by atoms with Crippen LogP contribution in [0.4, 0.5) is 0 Å². The number of rotatable bonds is 4. The Morgan fingerprint density at radius 3 is 2.89 bits per heavy atom. The molecule has 0 spiro atoms. The molecule has 141 valence electrons. The monoisotopic (exact) mass is 411 g/mol. The van der Waals surface area contributed by atoms with Gasteiger partial charge >= 0.3 is 5.97 Å². The number of fused-ring (bicyclic) bond motifs is 1. The first kappa shape index (κ1) is 18.0. The molecule has 1 saturated heterocycles. The largest absolute Gasteiger partial charge is 0.459 e. The van der Waals surface area contributed by atoms with Gasteiger partial charge < -0.3 is 9.47 Å². The number of hydrogen-bond acceptors (Lipinski definition) is 9. The van der Waals surface area contributed by atoms with Crippen LogP contribution in [-0.4, -0.2) is 51.8 Å². The Bertz CT molecular complexity index is 1010. The molecule has 0 aliphatic carbocycles. The van der Waals surface area contributed by atoms with Crippen LogP contribution < -0.4 is 0 Å². The second-order valence-electron chi connectivity index (χ2n) is 5.66. The molecule has 0 N–H and O–H groups in total. The molecule has 13 heteroatoms. The van der Waals surface area contributed by atoms with Gasteiger partial charge in [0.05, 0.1) is 19.3 Å². The fourth-order valence-electron chi connectivity index (χ4n) is 2.74. The van der Waals surface area contributed by atoms with E-state index in [1.54, 1.807) is 11.0 Å². The van der Waals surface area contributed by atoms with Crippen molar-refractivity contribution < 1.29 is 14.3 Å². The number of ether oxygens (including phenoxy) is 2. The molecule has 0 saturated carbocycles. The lowest BCUT2D eigenvalue weighted by Crippen LogP contribution is -2.21. The quantitative estimate of drug-likeness (QED) is 0.357. The van der Waals surface area contributed by atoms with Gasteiger partial charge in [-0.1, -0.05) is 11.6 Å². The SMILES string of the molecule is CCn1nnc([C@H]2OC(n3cnc4c(Cl)nc(Cl)nc43)[CH]C2OC(C)=O)n1. The molecule has 3 aromatic heterocycles. The van der Waals surface area contributed by atoms with E-state index in [4.69, 9.17) is 32.7 Å². The highest BCUT2D eigenvalue weighted by molar-refractivity contribution is 6.35. The van der Waals surface area contributed by atoms with Crippen LogP contribution >= 0.6 is 23.2 Å². The van der Waals surface area contributed by atoms with Crippen molar-refractivity contribution in [3.05, 3.63) is 29.0 Å². The van der Waals surface area contributed by atoms with Crippen LogP contribution in [-0.2, 0) is 20.8 Å². The molecule has 0 bridgehead atoms. The first-order valence-corrected chi connectivity index (χ1v) is 8.72. The summed E-state index contributed by atoms with van der Waals surface area (Å²) in [6, 6.07) is 0. The molecule has 1 radical (unpaired) electrons. The second-order valence-corrected chi connectivity index (χ2v) is 6.35. The van der Waals surface area contributed by atoms with Gasteiger partial charge in [-0.05, 0) is 23.7 Å². The van der Waals surface area contributed by atoms with E-state index < -0.39 is 24.4 Å². The molecule has 0 amide bonds. The number of aryl methyl sites for hydroxylation is 1. The molecule has 0 aromatic carbocycles. The molecule has 3 atom stereocenters. The first-order chi connectivity index (χ1) is 13.0. The zero-order chi connectivity index (χ0) is 19.1. The van der Waals surface area contributed by atoms with Gasteiger partial charge in [-0.3, -0.25) is 9.36 Å². The van der Waals surface area contributed by atoms with Crippen molar-refractivity contribution in [2.45, 2.75) is 38.8 Å². The summed E-state index contributed by atoms with van der Waals surface area (Å²) >= 11 is 12.0. The number of nitrogens with zero attached hydrogens (tertiary/aromatic N) is 8. The van der Waals surface area contributed by atoms with Gasteiger partial charge in [-0.15, -0.1) is 10.2 Å². The van der Waals surface area contributed by atoms with Gasteiger partial charge in [0, 0.05) is 6.92 Å². The highest BCUT2D eigenvalue weighted by Crippen LogP contribution is 2.39. The Labute approximate surface area is 162 Å². The minimum absolute atomic E-state index is 0.0205. The molecule has 4 heterocycles. The average molecular weight is 412 g/mol. The minimum atomic E-state index is -0.732. The highest BCUT2D eigenvalue weighted by Gasteiger charge is 2.43. The van der Waals surface area contributed by atoms with Crippen LogP contribution in [0, 0.1) is 6.42 Å². The van der Waals surface area contributed by atoms with E-state index in [9.17, 15) is 4.79 Å². The molecule has 1 aliphatic rings. The maximum Gasteiger partial charge on any atom is 0.303 e. The molecule has 3 aromatic rings. The van der Waals surface area contributed by atoms with Gasteiger partial charge in [0.2, 0.25) is 11.1 Å². The van der Waals surface area contributed by atoms with Crippen LogP contribution in [0.3, 0.4) is 0 Å². The van der Waals surface area contributed by atoms with E-state index >= 15 is 0 Å². The average Bonchev–Trinajstić information content (AvgIpc) is 3.31. The molecule has 2 unspecified atom stereocenters. The number of aromatic nitrogens is 8. The lowest BCUT2D eigenvalue weighted by Gasteiger charge is -2.14. The molecular formula is C14H13Cl2N8O3. The Kier molecular flexibility index (Phi) is 4.66. The van der Waals surface area contributed by atoms with Crippen LogP contribution in [0.5, 0.6) is 0 Å².